The summed E-state index contributed by atoms with van der Waals surface area (Å²) in [6.07, 6.45) is 2.28. The molecule has 1 fully saturated rings. The molecule has 4 rings (SSSR count). The van der Waals surface area contributed by atoms with E-state index in [0.29, 0.717) is 13.0 Å². The molecule has 34 heavy (non-hydrogen) atoms. The van der Waals surface area contributed by atoms with Gasteiger partial charge in [-0.05, 0) is 73.9 Å². The number of carbonyl (C=O) groups excluding carboxylic acids is 1. The lowest BCUT2D eigenvalue weighted by molar-refractivity contribution is -0.118. The number of rotatable bonds is 10. The summed E-state index contributed by atoms with van der Waals surface area (Å²) >= 11 is 9.36. The zero-order valence-corrected chi connectivity index (χ0v) is 22.3. The van der Waals surface area contributed by atoms with Crippen molar-refractivity contribution in [3.05, 3.63) is 52.5 Å². The minimum Gasteiger partial charge on any atom is -0.379 e. The van der Waals surface area contributed by atoms with Crippen LogP contribution in [0.4, 0.5) is 5.13 Å². The van der Waals surface area contributed by atoms with Gasteiger partial charge in [-0.1, -0.05) is 29.0 Å². The number of hydrogen-bond acceptors (Lipinski definition) is 6. The normalized spacial score (nSPS) is 14.6. The third kappa shape index (κ3) is 6.73. The fourth-order valence-electron chi connectivity index (χ4n) is 4.01. The number of fused-ring (bicyclic) bond motifs is 1. The fourth-order valence-corrected chi connectivity index (χ4v) is 6.06. The van der Waals surface area contributed by atoms with Crippen LogP contribution in [0.5, 0.6) is 0 Å². The molecular formula is C26H32ClN3O2S2. The summed E-state index contributed by atoms with van der Waals surface area (Å²) in [5.74, 6) is 1.06. The van der Waals surface area contributed by atoms with Gasteiger partial charge in [-0.15, -0.1) is 11.8 Å². The molecule has 1 amide bonds. The quantitative estimate of drug-likeness (QED) is 0.237. The summed E-state index contributed by atoms with van der Waals surface area (Å²) < 4.78 is 6.60. The summed E-state index contributed by atoms with van der Waals surface area (Å²) in [4.78, 5) is 23.8. The van der Waals surface area contributed by atoms with E-state index in [1.54, 1.807) is 23.1 Å². The average Bonchev–Trinajstić information content (AvgIpc) is 3.28. The fraction of sp³-hybridized carbons (Fsp3) is 0.462. The Morgan fingerprint density at radius 2 is 1.91 bits per heavy atom. The maximum atomic E-state index is 13.3. The number of halogens is 1. The van der Waals surface area contributed by atoms with Crippen LogP contribution >= 0.6 is 34.7 Å². The van der Waals surface area contributed by atoms with E-state index in [1.807, 2.05) is 29.2 Å². The lowest BCUT2D eigenvalue weighted by Gasteiger charge is -2.27. The third-order valence-electron chi connectivity index (χ3n) is 6.18. The molecule has 0 saturated carbocycles. The monoisotopic (exact) mass is 517 g/mol. The van der Waals surface area contributed by atoms with Gasteiger partial charge >= 0.3 is 0 Å². The van der Waals surface area contributed by atoms with Gasteiger partial charge in [0.25, 0.3) is 0 Å². The molecule has 0 aliphatic carbocycles. The summed E-state index contributed by atoms with van der Waals surface area (Å²) in [6.45, 7) is 9.41. The Bertz CT molecular complexity index is 1100. The number of carbonyl (C=O) groups is 1. The van der Waals surface area contributed by atoms with Crippen LogP contribution in [-0.4, -0.2) is 60.9 Å². The molecular weight excluding hydrogens is 486 g/mol. The van der Waals surface area contributed by atoms with Crippen LogP contribution in [0.3, 0.4) is 0 Å². The van der Waals surface area contributed by atoms with Gasteiger partial charge in [0.05, 0.1) is 23.4 Å². The standard InChI is InChI=1S/C26H32ClN3O2S2/c1-19-6-11-23-25(20(19)2)28-26(34-23)30(13-4-12-29-14-16-32-17-15-29)24(31)5-3-18-33-22-9-7-21(27)8-10-22/h6-11H,3-5,12-18H2,1-2H3. The van der Waals surface area contributed by atoms with Gasteiger partial charge < -0.3 is 4.74 Å². The number of nitrogens with zero attached hydrogens (tertiary/aromatic N) is 3. The highest BCUT2D eigenvalue weighted by atomic mass is 35.5. The summed E-state index contributed by atoms with van der Waals surface area (Å²) in [5.41, 5.74) is 3.44. The van der Waals surface area contributed by atoms with Gasteiger partial charge in [-0.2, -0.15) is 0 Å². The molecule has 5 nitrogen and oxygen atoms in total. The number of anilines is 1. The molecule has 0 radical (unpaired) electrons. The first-order valence-electron chi connectivity index (χ1n) is 11.9. The highest BCUT2D eigenvalue weighted by molar-refractivity contribution is 7.99. The minimum absolute atomic E-state index is 0.159. The highest BCUT2D eigenvalue weighted by Crippen LogP contribution is 2.32. The smallest absolute Gasteiger partial charge is 0.228 e. The number of aryl methyl sites for hydroxylation is 2. The van der Waals surface area contributed by atoms with Crippen molar-refractivity contribution in [2.24, 2.45) is 0 Å². The van der Waals surface area contributed by atoms with Crippen molar-refractivity contribution in [1.82, 2.24) is 9.88 Å². The third-order valence-corrected chi connectivity index (χ3v) is 8.58. The Morgan fingerprint density at radius 1 is 1.15 bits per heavy atom. The number of aromatic nitrogens is 1. The molecule has 2 heterocycles. The number of morpholine rings is 1. The number of ether oxygens (including phenoxy) is 1. The van der Waals surface area contributed by atoms with Crippen molar-refractivity contribution < 1.29 is 9.53 Å². The molecule has 1 aliphatic heterocycles. The molecule has 0 bridgehead atoms. The lowest BCUT2D eigenvalue weighted by atomic mass is 10.1. The second kappa shape index (κ2) is 12.4. The molecule has 3 aromatic rings. The maximum Gasteiger partial charge on any atom is 0.228 e. The van der Waals surface area contributed by atoms with Crippen molar-refractivity contribution >= 4 is 56.0 Å². The highest BCUT2D eigenvalue weighted by Gasteiger charge is 2.21. The summed E-state index contributed by atoms with van der Waals surface area (Å²) in [7, 11) is 0. The van der Waals surface area contributed by atoms with E-state index >= 15 is 0 Å². The van der Waals surface area contributed by atoms with Crippen molar-refractivity contribution in [1.29, 1.82) is 0 Å². The molecule has 8 heteroatoms. The number of amides is 1. The number of hydrogen-bond donors (Lipinski definition) is 0. The second-order valence-corrected chi connectivity index (χ2v) is 11.2. The van der Waals surface area contributed by atoms with Crippen molar-refractivity contribution in [2.75, 3.05) is 50.0 Å². The zero-order chi connectivity index (χ0) is 23.9. The van der Waals surface area contributed by atoms with Crippen molar-refractivity contribution in [2.45, 2.75) is 38.0 Å². The van der Waals surface area contributed by atoms with E-state index in [0.717, 1.165) is 71.8 Å². The Balaban J connectivity index is 1.40. The predicted molar refractivity (Wildman–Crippen MR) is 145 cm³/mol. The van der Waals surface area contributed by atoms with Crippen LogP contribution in [0.25, 0.3) is 10.2 Å². The van der Waals surface area contributed by atoms with Crippen molar-refractivity contribution in [3.63, 3.8) is 0 Å². The molecule has 0 unspecified atom stereocenters. The van der Waals surface area contributed by atoms with E-state index in [4.69, 9.17) is 21.3 Å². The zero-order valence-electron chi connectivity index (χ0n) is 19.9. The Labute approximate surface area is 215 Å². The first kappa shape index (κ1) is 25.5. The first-order chi connectivity index (χ1) is 16.5. The number of benzene rings is 2. The topological polar surface area (TPSA) is 45.7 Å². The van der Waals surface area contributed by atoms with Gasteiger partial charge in [0.1, 0.15) is 0 Å². The SMILES string of the molecule is Cc1ccc2sc(N(CCCN3CCOCC3)C(=O)CCCSc3ccc(Cl)cc3)nc2c1C. The number of thioether (sulfide) groups is 1. The van der Waals surface area contributed by atoms with Crippen LogP contribution in [-0.2, 0) is 9.53 Å². The Hall–Kier alpha value is -1.64. The molecule has 1 saturated heterocycles. The Kier molecular flexibility index (Phi) is 9.25. The molecule has 2 aromatic carbocycles. The summed E-state index contributed by atoms with van der Waals surface area (Å²) in [6, 6.07) is 12.1. The molecule has 1 aromatic heterocycles. The van der Waals surface area contributed by atoms with E-state index < -0.39 is 0 Å². The van der Waals surface area contributed by atoms with Crippen molar-refractivity contribution in [3.8, 4) is 0 Å². The predicted octanol–water partition coefficient (Wildman–Crippen LogP) is 6.19. The molecule has 1 aliphatic rings. The largest absolute Gasteiger partial charge is 0.379 e. The number of thiazole rings is 1. The van der Waals surface area contributed by atoms with Crippen LogP contribution < -0.4 is 4.90 Å². The van der Waals surface area contributed by atoms with Crippen LogP contribution in [0.2, 0.25) is 5.02 Å². The second-order valence-electron chi connectivity index (χ2n) is 8.61. The molecule has 182 valence electrons. The van der Waals surface area contributed by atoms with E-state index in [1.165, 1.54) is 16.0 Å². The molecule has 0 spiro atoms. The van der Waals surface area contributed by atoms with E-state index in [9.17, 15) is 4.79 Å². The maximum absolute atomic E-state index is 13.3. The van der Waals surface area contributed by atoms with Gasteiger partial charge in [0.15, 0.2) is 5.13 Å². The van der Waals surface area contributed by atoms with E-state index in [-0.39, 0.29) is 5.91 Å². The van der Waals surface area contributed by atoms with Crippen LogP contribution in [0, 0.1) is 13.8 Å². The minimum atomic E-state index is 0.159. The van der Waals surface area contributed by atoms with Gasteiger partial charge in [-0.25, -0.2) is 4.98 Å². The van der Waals surface area contributed by atoms with Crippen LogP contribution in [0.1, 0.15) is 30.4 Å². The Morgan fingerprint density at radius 3 is 2.68 bits per heavy atom. The van der Waals surface area contributed by atoms with Crippen LogP contribution in [0.15, 0.2) is 41.3 Å². The molecule has 0 atom stereocenters. The summed E-state index contributed by atoms with van der Waals surface area (Å²) in [5, 5.41) is 1.56. The average molecular weight is 518 g/mol. The first-order valence-corrected chi connectivity index (χ1v) is 14.0. The van der Waals surface area contributed by atoms with Gasteiger partial charge in [-0.3, -0.25) is 14.6 Å². The van der Waals surface area contributed by atoms with Gasteiger partial charge in [0.2, 0.25) is 5.91 Å². The van der Waals surface area contributed by atoms with Gasteiger partial charge in [0, 0.05) is 42.5 Å². The molecule has 0 N–H and O–H groups in total. The van der Waals surface area contributed by atoms with E-state index in [2.05, 4.69) is 30.9 Å². The lowest BCUT2D eigenvalue weighted by Crippen LogP contribution is -2.39.